The number of aliphatic carboxylic acids is 1. The first kappa shape index (κ1) is 28.5. The number of nitrogens with zero attached hydrogens (tertiary/aromatic N) is 3. The number of rotatable bonds is 8. The lowest BCUT2D eigenvalue weighted by Crippen LogP contribution is -2.27. The predicted molar refractivity (Wildman–Crippen MR) is 139 cm³/mol. The van der Waals surface area contributed by atoms with E-state index in [1.54, 1.807) is 26.0 Å². The van der Waals surface area contributed by atoms with Crippen molar-refractivity contribution in [3.05, 3.63) is 53.5 Å². The zero-order chi connectivity index (χ0) is 28.5. The van der Waals surface area contributed by atoms with Gasteiger partial charge < -0.3 is 15.2 Å². The van der Waals surface area contributed by atoms with Crippen LogP contribution in [0.1, 0.15) is 81.2 Å². The van der Waals surface area contributed by atoms with Crippen molar-refractivity contribution in [2.45, 2.75) is 71.2 Å². The Kier molecular flexibility index (Phi) is 8.02. The number of fused-ring (bicyclic) bond motifs is 1. The molecule has 0 atom stereocenters. The smallest absolute Gasteiger partial charge is 0.433 e. The van der Waals surface area contributed by atoms with Crippen LogP contribution in [-0.4, -0.2) is 38.4 Å². The fraction of sp³-hybridized carbons (Fsp3) is 0.500. The van der Waals surface area contributed by atoms with Crippen molar-refractivity contribution >= 4 is 28.5 Å². The van der Waals surface area contributed by atoms with E-state index in [0.717, 1.165) is 43.2 Å². The van der Waals surface area contributed by atoms with Gasteiger partial charge >= 0.3 is 12.1 Å². The van der Waals surface area contributed by atoms with Crippen molar-refractivity contribution in [1.29, 1.82) is 0 Å². The zero-order valence-corrected chi connectivity index (χ0v) is 22.4. The largest absolute Gasteiger partial charge is 0.480 e. The molecule has 39 heavy (non-hydrogen) atoms. The molecule has 0 spiro atoms. The number of aromatic nitrogens is 3. The van der Waals surface area contributed by atoms with Gasteiger partial charge in [-0.1, -0.05) is 19.9 Å². The van der Waals surface area contributed by atoms with Crippen LogP contribution in [0, 0.1) is 11.8 Å². The number of pyridine rings is 1. The Balaban J connectivity index is 1.69. The first-order valence-electron chi connectivity index (χ1n) is 13.0. The molecule has 1 saturated carbocycles. The van der Waals surface area contributed by atoms with E-state index in [9.17, 15) is 22.8 Å². The number of nitrogens with one attached hydrogen (secondary N) is 1. The van der Waals surface area contributed by atoms with Gasteiger partial charge in [-0.05, 0) is 75.6 Å². The third-order valence-corrected chi connectivity index (χ3v) is 7.45. The summed E-state index contributed by atoms with van der Waals surface area (Å²) in [6.07, 6.45) is 1.44. The molecule has 0 bridgehead atoms. The van der Waals surface area contributed by atoms with E-state index in [0.29, 0.717) is 22.9 Å². The highest BCUT2D eigenvalue weighted by Gasteiger charge is 2.33. The summed E-state index contributed by atoms with van der Waals surface area (Å²) in [5.41, 5.74) is -1.41. The highest BCUT2D eigenvalue weighted by atomic mass is 19.4. The fourth-order valence-corrected chi connectivity index (χ4v) is 5.14. The predicted octanol–water partition coefficient (Wildman–Crippen LogP) is 6.43. The summed E-state index contributed by atoms with van der Waals surface area (Å²) in [5.74, 6) is -0.675. The zero-order valence-electron chi connectivity index (χ0n) is 22.4. The van der Waals surface area contributed by atoms with Gasteiger partial charge in [0, 0.05) is 22.8 Å². The Hall–Kier alpha value is -3.47. The summed E-state index contributed by atoms with van der Waals surface area (Å²) >= 11 is 0. The lowest BCUT2D eigenvalue weighted by molar-refractivity contribution is -0.148. The number of anilines is 1. The van der Waals surface area contributed by atoms with Gasteiger partial charge in [-0.15, -0.1) is 0 Å². The first-order chi connectivity index (χ1) is 18.2. The van der Waals surface area contributed by atoms with Crippen molar-refractivity contribution < 1.29 is 32.6 Å². The number of halogens is 3. The normalized spacial score (nSPS) is 18.5. The quantitative estimate of drug-likeness (QED) is 0.337. The molecule has 0 aliphatic heterocycles. The second-order valence-corrected chi connectivity index (χ2v) is 10.9. The average molecular weight is 547 g/mol. The third kappa shape index (κ3) is 6.58. The average Bonchev–Trinajstić information content (AvgIpc) is 3.30. The highest BCUT2D eigenvalue weighted by Crippen LogP contribution is 2.38. The van der Waals surface area contributed by atoms with Crippen LogP contribution in [0.5, 0.6) is 0 Å². The molecule has 2 heterocycles. The summed E-state index contributed by atoms with van der Waals surface area (Å²) in [6, 6.07) is 6.75. The Morgan fingerprint density at radius 1 is 1.15 bits per heavy atom. The van der Waals surface area contributed by atoms with E-state index in [-0.39, 0.29) is 11.7 Å². The van der Waals surface area contributed by atoms with Crippen LogP contribution in [-0.2, 0) is 21.3 Å². The Labute approximate surface area is 224 Å². The van der Waals surface area contributed by atoms with Crippen LogP contribution in [0.3, 0.4) is 0 Å². The lowest BCUT2D eigenvalue weighted by Gasteiger charge is -2.30. The number of carbonyl (C=O) groups is 2. The molecule has 210 valence electrons. The van der Waals surface area contributed by atoms with Crippen LogP contribution in [0.25, 0.3) is 10.9 Å². The number of ether oxygens (including phenoxy) is 1. The second-order valence-electron chi connectivity index (χ2n) is 10.9. The third-order valence-electron chi connectivity index (χ3n) is 7.45. The number of carbonyl (C=O) groups excluding carboxylic acids is 1. The standard InChI is InChI=1S/C28H33F3N4O4/c1-16(2)17-8-10-19(11-9-17)35-14-18-12-23(20(13-22(18)34-35)27(3,4)39-15-25(36)37)33-26(38)21-6-5-7-24(32-21)28(29,30)31/h5-7,12-14,16-17,19H,8-11,15H2,1-4H3,(H,33,38)(H,36,37)/t17-,19-. The van der Waals surface area contributed by atoms with Crippen LogP contribution >= 0.6 is 0 Å². The lowest BCUT2D eigenvalue weighted by atomic mass is 9.80. The number of hydrogen-bond acceptors (Lipinski definition) is 5. The van der Waals surface area contributed by atoms with Gasteiger partial charge in [-0.25, -0.2) is 9.78 Å². The van der Waals surface area contributed by atoms with Crippen LogP contribution < -0.4 is 5.32 Å². The summed E-state index contributed by atoms with van der Waals surface area (Å²) in [7, 11) is 0. The number of alkyl halides is 3. The van der Waals surface area contributed by atoms with Gasteiger partial charge in [0.15, 0.2) is 0 Å². The van der Waals surface area contributed by atoms with Gasteiger partial charge in [-0.2, -0.15) is 18.3 Å². The summed E-state index contributed by atoms with van der Waals surface area (Å²) < 4.78 is 47.0. The number of carboxylic acids is 1. The number of carboxylic acid groups (broad SMARTS) is 1. The van der Waals surface area contributed by atoms with Crippen LogP contribution in [0.4, 0.5) is 18.9 Å². The van der Waals surface area contributed by atoms with Gasteiger partial charge in [0.05, 0.1) is 17.2 Å². The summed E-state index contributed by atoms with van der Waals surface area (Å²) in [6.45, 7) is 7.21. The Bertz CT molecular complexity index is 1360. The minimum absolute atomic E-state index is 0.236. The van der Waals surface area contributed by atoms with E-state index >= 15 is 0 Å². The van der Waals surface area contributed by atoms with E-state index in [4.69, 9.17) is 14.9 Å². The van der Waals surface area contributed by atoms with Gasteiger partial charge in [0.2, 0.25) is 0 Å². The van der Waals surface area contributed by atoms with E-state index in [1.165, 1.54) is 6.07 Å². The molecule has 3 aromatic rings. The van der Waals surface area contributed by atoms with E-state index in [2.05, 4.69) is 24.1 Å². The van der Waals surface area contributed by atoms with Crippen molar-refractivity contribution in [3.8, 4) is 0 Å². The van der Waals surface area contributed by atoms with Crippen molar-refractivity contribution in [1.82, 2.24) is 14.8 Å². The van der Waals surface area contributed by atoms with Crippen molar-refractivity contribution in [2.24, 2.45) is 11.8 Å². The number of amides is 1. The molecule has 8 nitrogen and oxygen atoms in total. The molecule has 1 aliphatic carbocycles. The maximum atomic E-state index is 13.2. The highest BCUT2D eigenvalue weighted by molar-refractivity contribution is 6.04. The topological polar surface area (TPSA) is 106 Å². The van der Waals surface area contributed by atoms with Crippen LogP contribution in [0.2, 0.25) is 0 Å². The monoisotopic (exact) mass is 546 g/mol. The molecule has 2 aromatic heterocycles. The summed E-state index contributed by atoms with van der Waals surface area (Å²) in [4.78, 5) is 27.7. The minimum atomic E-state index is -4.70. The molecule has 4 rings (SSSR count). The molecule has 2 N–H and O–H groups in total. The fourth-order valence-electron chi connectivity index (χ4n) is 5.14. The molecule has 1 aromatic carbocycles. The van der Waals surface area contributed by atoms with E-state index < -0.39 is 41.6 Å². The van der Waals surface area contributed by atoms with Gasteiger partial charge in [-0.3, -0.25) is 9.48 Å². The number of hydrogen-bond donors (Lipinski definition) is 2. The second kappa shape index (κ2) is 11.0. The molecule has 1 amide bonds. The molecule has 0 unspecified atom stereocenters. The SMILES string of the molecule is CC(C)[C@H]1CC[C@H](n2cc3cc(NC(=O)c4cccc(C(F)(F)F)n4)c(C(C)(C)OCC(=O)O)cc3n2)CC1. The molecule has 1 aliphatic rings. The van der Waals surface area contributed by atoms with Crippen molar-refractivity contribution in [2.75, 3.05) is 11.9 Å². The number of benzene rings is 1. The molecule has 11 heteroatoms. The molecular weight excluding hydrogens is 513 g/mol. The Morgan fingerprint density at radius 3 is 2.46 bits per heavy atom. The molecule has 0 saturated heterocycles. The van der Waals surface area contributed by atoms with Gasteiger partial charge in [0.25, 0.3) is 5.91 Å². The molecular formula is C28H33F3N4O4. The van der Waals surface area contributed by atoms with Crippen molar-refractivity contribution in [3.63, 3.8) is 0 Å². The van der Waals surface area contributed by atoms with Gasteiger partial charge in [0.1, 0.15) is 18.0 Å². The molecule has 0 radical (unpaired) electrons. The maximum Gasteiger partial charge on any atom is 0.433 e. The molecule has 1 fully saturated rings. The minimum Gasteiger partial charge on any atom is -0.480 e. The summed E-state index contributed by atoms with van der Waals surface area (Å²) in [5, 5.41) is 17.3. The maximum absolute atomic E-state index is 13.2. The van der Waals surface area contributed by atoms with Crippen LogP contribution in [0.15, 0.2) is 36.5 Å². The Morgan fingerprint density at radius 2 is 1.85 bits per heavy atom. The van der Waals surface area contributed by atoms with E-state index in [1.807, 2.05) is 10.9 Å². The first-order valence-corrected chi connectivity index (χ1v) is 13.0.